The number of rotatable bonds is 7. The Bertz CT molecular complexity index is 843. The Balaban J connectivity index is 2.05. The number of hydrogen-bond donors (Lipinski definition) is 1. The predicted octanol–water partition coefficient (Wildman–Crippen LogP) is 4.67. The Labute approximate surface area is 166 Å². The van der Waals surface area contributed by atoms with E-state index in [0.29, 0.717) is 23.1 Å². The lowest BCUT2D eigenvalue weighted by Gasteiger charge is -2.19. The maximum absolute atomic E-state index is 12.6. The molecule has 1 heterocycles. The monoisotopic (exact) mass is 381 g/mol. The average molecular weight is 382 g/mol. The number of hydrogen-bond acceptors (Lipinski definition) is 4. The number of benzene rings is 1. The molecule has 142 valence electrons. The summed E-state index contributed by atoms with van der Waals surface area (Å²) >= 11 is 1.35. The molecule has 0 saturated carbocycles. The van der Waals surface area contributed by atoms with Gasteiger partial charge in [0.25, 0.3) is 0 Å². The zero-order chi connectivity index (χ0) is 20.0. The third-order valence-corrected chi connectivity index (χ3v) is 6.11. The van der Waals surface area contributed by atoms with Crippen LogP contribution in [0.2, 0.25) is 0 Å². The highest BCUT2D eigenvalue weighted by Gasteiger charge is 2.21. The summed E-state index contributed by atoms with van der Waals surface area (Å²) in [5.41, 5.74) is 4.67. The number of carbonyl (C=O) groups is 1. The summed E-state index contributed by atoms with van der Waals surface area (Å²) in [6.07, 6.45) is 0.961. The number of thioether (sulfide) groups is 1. The van der Waals surface area contributed by atoms with Crippen LogP contribution >= 0.6 is 11.8 Å². The molecule has 2 atom stereocenters. The van der Waals surface area contributed by atoms with Crippen LogP contribution in [0.1, 0.15) is 54.1 Å². The number of carbonyl (C=O) groups excluding carboxylic acids is 1. The van der Waals surface area contributed by atoms with Crippen molar-refractivity contribution in [1.29, 1.82) is 5.26 Å². The maximum Gasteiger partial charge on any atom is 0.233 e. The molecule has 0 aliphatic heterocycles. The summed E-state index contributed by atoms with van der Waals surface area (Å²) < 4.78 is 0. The number of aromatic nitrogens is 1. The van der Waals surface area contributed by atoms with Crippen LogP contribution in [0.3, 0.4) is 0 Å². The number of amides is 1. The molecule has 1 aromatic carbocycles. The number of nitriles is 1. The van der Waals surface area contributed by atoms with Crippen LogP contribution in [0, 0.1) is 32.1 Å². The van der Waals surface area contributed by atoms with Crippen LogP contribution in [0.15, 0.2) is 35.4 Å². The van der Waals surface area contributed by atoms with E-state index in [2.05, 4.69) is 35.4 Å². The molecule has 5 heteroatoms. The van der Waals surface area contributed by atoms with Crippen molar-refractivity contribution < 1.29 is 4.79 Å². The quantitative estimate of drug-likeness (QED) is 0.708. The van der Waals surface area contributed by atoms with Gasteiger partial charge in [0, 0.05) is 18.2 Å². The van der Waals surface area contributed by atoms with Crippen molar-refractivity contribution in [3.8, 4) is 6.07 Å². The fourth-order valence-corrected chi connectivity index (χ4v) is 3.97. The summed E-state index contributed by atoms with van der Waals surface area (Å²) in [6.45, 7) is 10.4. The van der Waals surface area contributed by atoms with E-state index >= 15 is 0 Å². The molecule has 4 nitrogen and oxygen atoms in total. The van der Waals surface area contributed by atoms with Crippen molar-refractivity contribution in [2.75, 3.05) is 6.54 Å². The zero-order valence-corrected chi connectivity index (χ0v) is 17.5. The lowest BCUT2D eigenvalue weighted by molar-refractivity contribution is -0.120. The van der Waals surface area contributed by atoms with E-state index in [0.717, 1.165) is 23.2 Å². The van der Waals surface area contributed by atoms with Crippen LogP contribution in [0.5, 0.6) is 0 Å². The van der Waals surface area contributed by atoms with Crippen molar-refractivity contribution in [2.24, 2.45) is 0 Å². The molecule has 0 aliphatic rings. The van der Waals surface area contributed by atoms with Crippen molar-refractivity contribution in [3.63, 3.8) is 0 Å². The van der Waals surface area contributed by atoms with E-state index in [4.69, 9.17) is 0 Å². The van der Waals surface area contributed by atoms with E-state index in [1.807, 2.05) is 45.9 Å². The van der Waals surface area contributed by atoms with Gasteiger partial charge in [0.05, 0.1) is 10.8 Å². The van der Waals surface area contributed by atoms with Crippen molar-refractivity contribution in [3.05, 3.63) is 58.3 Å². The fraction of sp³-hybridized carbons (Fsp3) is 0.409. The topological polar surface area (TPSA) is 65.8 Å². The van der Waals surface area contributed by atoms with Gasteiger partial charge in [0.2, 0.25) is 5.91 Å². The van der Waals surface area contributed by atoms with Gasteiger partial charge >= 0.3 is 0 Å². The first-order chi connectivity index (χ1) is 12.9. The molecular weight excluding hydrogens is 354 g/mol. The Kier molecular flexibility index (Phi) is 7.44. The molecule has 0 radical (unpaired) electrons. The van der Waals surface area contributed by atoms with Gasteiger partial charge in [0.1, 0.15) is 11.1 Å². The first-order valence-corrected chi connectivity index (χ1v) is 10.1. The van der Waals surface area contributed by atoms with Gasteiger partial charge in [-0.2, -0.15) is 5.26 Å². The zero-order valence-electron chi connectivity index (χ0n) is 16.7. The van der Waals surface area contributed by atoms with E-state index in [1.165, 1.54) is 17.3 Å². The molecule has 0 saturated heterocycles. The molecule has 1 amide bonds. The molecule has 1 aromatic heterocycles. The lowest BCUT2D eigenvalue weighted by atomic mass is 9.96. The third-order valence-electron chi connectivity index (χ3n) is 5.02. The molecule has 2 aromatic rings. The van der Waals surface area contributed by atoms with Gasteiger partial charge < -0.3 is 5.32 Å². The normalized spacial score (nSPS) is 12.9. The highest BCUT2D eigenvalue weighted by atomic mass is 32.2. The molecule has 27 heavy (non-hydrogen) atoms. The largest absolute Gasteiger partial charge is 0.355 e. The van der Waals surface area contributed by atoms with Crippen molar-refractivity contribution >= 4 is 17.7 Å². The van der Waals surface area contributed by atoms with Gasteiger partial charge in [-0.05, 0) is 50.8 Å². The van der Waals surface area contributed by atoms with Gasteiger partial charge in [-0.15, -0.1) is 0 Å². The minimum atomic E-state index is -0.320. The van der Waals surface area contributed by atoms with Crippen molar-refractivity contribution in [1.82, 2.24) is 10.3 Å². The van der Waals surface area contributed by atoms with Gasteiger partial charge in [-0.3, -0.25) is 4.79 Å². The van der Waals surface area contributed by atoms with E-state index in [9.17, 15) is 10.1 Å². The van der Waals surface area contributed by atoms with Crippen LogP contribution in [0.25, 0.3) is 0 Å². The molecule has 1 N–H and O–H groups in total. The summed E-state index contributed by atoms with van der Waals surface area (Å²) in [6, 6.07) is 12.5. The molecule has 0 bridgehead atoms. The van der Waals surface area contributed by atoms with Crippen LogP contribution in [0.4, 0.5) is 0 Å². The number of pyridine rings is 1. The highest BCUT2D eigenvalue weighted by Crippen LogP contribution is 2.29. The van der Waals surface area contributed by atoms with Crippen LogP contribution < -0.4 is 5.32 Å². The summed E-state index contributed by atoms with van der Waals surface area (Å²) in [5.74, 6) is 0.264. The Hall–Kier alpha value is -2.32. The second kappa shape index (κ2) is 9.57. The second-order valence-electron chi connectivity index (χ2n) is 6.76. The van der Waals surface area contributed by atoms with Gasteiger partial charge in [-0.1, -0.05) is 49.0 Å². The molecular formula is C22H27N3OS. The molecule has 0 fully saturated rings. The highest BCUT2D eigenvalue weighted by molar-refractivity contribution is 8.00. The fourth-order valence-electron chi connectivity index (χ4n) is 2.94. The van der Waals surface area contributed by atoms with E-state index < -0.39 is 0 Å². The number of nitrogens with one attached hydrogen (secondary N) is 1. The summed E-state index contributed by atoms with van der Waals surface area (Å²) in [7, 11) is 0. The molecule has 2 rings (SSSR count). The molecule has 0 spiro atoms. The predicted molar refractivity (Wildman–Crippen MR) is 111 cm³/mol. The van der Waals surface area contributed by atoms with Crippen LogP contribution in [-0.4, -0.2) is 22.7 Å². The van der Waals surface area contributed by atoms with E-state index in [1.54, 1.807) is 0 Å². The lowest BCUT2D eigenvalue weighted by Crippen LogP contribution is -2.34. The van der Waals surface area contributed by atoms with Gasteiger partial charge in [-0.25, -0.2) is 4.98 Å². The minimum Gasteiger partial charge on any atom is -0.355 e. The van der Waals surface area contributed by atoms with E-state index in [-0.39, 0.29) is 11.2 Å². The summed E-state index contributed by atoms with van der Waals surface area (Å²) in [4.78, 5) is 17.1. The Morgan fingerprint density at radius 1 is 1.22 bits per heavy atom. The first kappa shape index (κ1) is 21.0. The standard InChI is InChI=1S/C22H27N3OS/c1-6-18(19-10-8-7-9-11-19)13-24-21(26)17(5)27-22-20(12-23)15(3)14(2)16(4)25-22/h7-11,17-18H,6,13H2,1-5H3,(H,24,26). The first-order valence-electron chi connectivity index (χ1n) is 9.26. The minimum absolute atomic E-state index is 0.0315. The van der Waals surface area contributed by atoms with Crippen LogP contribution in [-0.2, 0) is 4.79 Å². The van der Waals surface area contributed by atoms with Crippen molar-refractivity contribution in [2.45, 2.75) is 57.2 Å². The average Bonchev–Trinajstić information content (AvgIpc) is 2.67. The Morgan fingerprint density at radius 3 is 2.48 bits per heavy atom. The third kappa shape index (κ3) is 5.11. The Morgan fingerprint density at radius 2 is 1.89 bits per heavy atom. The van der Waals surface area contributed by atoms with Gasteiger partial charge in [0.15, 0.2) is 0 Å². The smallest absolute Gasteiger partial charge is 0.233 e. The molecule has 0 aliphatic carbocycles. The number of aryl methyl sites for hydroxylation is 1. The second-order valence-corrected chi connectivity index (χ2v) is 8.09. The number of nitrogens with zero attached hydrogens (tertiary/aromatic N) is 2. The SMILES string of the molecule is CCC(CNC(=O)C(C)Sc1nc(C)c(C)c(C)c1C#N)c1ccccc1. The summed E-state index contributed by atoms with van der Waals surface area (Å²) in [5, 5.41) is 12.9. The maximum atomic E-state index is 12.6. The molecule has 2 unspecified atom stereocenters.